The van der Waals surface area contributed by atoms with Crippen LogP contribution in [0.2, 0.25) is 0 Å². The van der Waals surface area contributed by atoms with Gasteiger partial charge in [-0.15, -0.1) is 0 Å². The summed E-state index contributed by atoms with van der Waals surface area (Å²) in [4.78, 5) is 12.2. The van der Waals surface area contributed by atoms with Crippen LogP contribution in [0.4, 0.5) is 8.78 Å². The number of benzene rings is 1. The van der Waals surface area contributed by atoms with Crippen molar-refractivity contribution in [1.82, 2.24) is 5.32 Å². The molecule has 0 aliphatic heterocycles. The first-order valence-electron chi connectivity index (χ1n) is 7.42. The second-order valence-electron chi connectivity index (χ2n) is 5.98. The second kappa shape index (κ2) is 6.52. The monoisotopic (exact) mass is 296 g/mol. The van der Waals surface area contributed by atoms with Crippen LogP contribution >= 0.6 is 0 Å². The van der Waals surface area contributed by atoms with Crippen molar-refractivity contribution in [2.75, 3.05) is 6.54 Å². The lowest BCUT2D eigenvalue weighted by atomic mass is 9.73. The molecule has 0 spiro atoms. The fourth-order valence-electron chi connectivity index (χ4n) is 3.11. The van der Waals surface area contributed by atoms with Crippen molar-refractivity contribution in [2.45, 2.75) is 44.6 Å². The molecule has 1 aromatic rings. The van der Waals surface area contributed by atoms with Crippen LogP contribution in [-0.2, 0) is 11.2 Å². The third-order valence-corrected chi connectivity index (χ3v) is 4.55. The van der Waals surface area contributed by atoms with Crippen molar-refractivity contribution in [3.63, 3.8) is 0 Å². The molecule has 3 nitrogen and oxygen atoms in total. The zero-order valence-corrected chi connectivity index (χ0v) is 12.3. The molecule has 1 saturated carbocycles. The number of amides is 1. The number of hydrogen-bond acceptors (Lipinski definition) is 2. The molecular weight excluding hydrogens is 274 g/mol. The van der Waals surface area contributed by atoms with Crippen LogP contribution in [0.1, 0.15) is 38.2 Å². The third-order valence-electron chi connectivity index (χ3n) is 4.55. The molecule has 21 heavy (non-hydrogen) atoms. The van der Waals surface area contributed by atoms with E-state index in [0.29, 0.717) is 18.0 Å². The fourth-order valence-corrected chi connectivity index (χ4v) is 3.11. The minimum absolute atomic E-state index is 0.0334. The van der Waals surface area contributed by atoms with Gasteiger partial charge in [0.25, 0.3) is 0 Å². The first kappa shape index (κ1) is 15.9. The lowest BCUT2D eigenvalue weighted by Gasteiger charge is -2.42. The van der Waals surface area contributed by atoms with E-state index < -0.39 is 11.6 Å². The van der Waals surface area contributed by atoms with E-state index in [4.69, 9.17) is 5.73 Å². The molecule has 1 aromatic carbocycles. The van der Waals surface area contributed by atoms with Crippen molar-refractivity contribution in [3.8, 4) is 0 Å². The maximum Gasteiger partial charge on any atom is 0.224 e. The van der Waals surface area contributed by atoms with E-state index in [1.165, 1.54) is 6.07 Å². The number of nitrogens with two attached hydrogens (primary N) is 1. The molecule has 2 unspecified atom stereocenters. The van der Waals surface area contributed by atoms with Crippen LogP contribution in [0.5, 0.6) is 0 Å². The molecule has 1 aliphatic carbocycles. The first-order chi connectivity index (χ1) is 9.97. The summed E-state index contributed by atoms with van der Waals surface area (Å²) in [6.45, 7) is 2.50. The fraction of sp³-hybridized carbons (Fsp3) is 0.562. The zero-order chi connectivity index (χ0) is 15.5. The van der Waals surface area contributed by atoms with E-state index in [1.54, 1.807) is 0 Å². The van der Waals surface area contributed by atoms with E-state index in [-0.39, 0.29) is 17.9 Å². The predicted octanol–water partition coefficient (Wildman–Crippen LogP) is 2.53. The van der Waals surface area contributed by atoms with Crippen LogP contribution < -0.4 is 11.1 Å². The number of carbonyl (C=O) groups excluding carboxylic acids is 1. The Labute approximate surface area is 123 Å². The van der Waals surface area contributed by atoms with Gasteiger partial charge in [0.15, 0.2) is 11.6 Å². The van der Waals surface area contributed by atoms with Crippen molar-refractivity contribution in [2.24, 2.45) is 11.7 Å². The van der Waals surface area contributed by atoms with Gasteiger partial charge in [-0.25, -0.2) is 8.78 Å². The minimum atomic E-state index is -0.931. The Hall–Kier alpha value is -1.49. The van der Waals surface area contributed by atoms with Gasteiger partial charge < -0.3 is 11.1 Å². The SMILES string of the molecule is CC1CCCCC1(CN)NC(=O)Cc1ccc(F)c(F)c1. The van der Waals surface area contributed by atoms with Gasteiger partial charge in [0.05, 0.1) is 12.0 Å². The highest BCUT2D eigenvalue weighted by Crippen LogP contribution is 2.32. The van der Waals surface area contributed by atoms with Crippen LogP contribution in [0, 0.1) is 17.6 Å². The summed E-state index contributed by atoms with van der Waals surface area (Å²) >= 11 is 0. The average molecular weight is 296 g/mol. The van der Waals surface area contributed by atoms with E-state index in [2.05, 4.69) is 12.2 Å². The molecule has 0 aromatic heterocycles. The van der Waals surface area contributed by atoms with Gasteiger partial charge in [-0.05, 0) is 36.5 Å². The van der Waals surface area contributed by atoms with Crippen molar-refractivity contribution in [3.05, 3.63) is 35.4 Å². The van der Waals surface area contributed by atoms with Gasteiger partial charge in [0.2, 0.25) is 5.91 Å². The van der Waals surface area contributed by atoms with Crippen molar-refractivity contribution < 1.29 is 13.6 Å². The molecule has 2 atom stereocenters. The van der Waals surface area contributed by atoms with Crippen LogP contribution in [0.3, 0.4) is 0 Å². The maximum atomic E-state index is 13.2. The highest BCUT2D eigenvalue weighted by atomic mass is 19.2. The van der Waals surface area contributed by atoms with E-state index in [0.717, 1.165) is 37.8 Å². The molecular formula is C16H22F2N2O. The Morgan fingerprint density at radius 3 is 2.76 bits per heavy atom. The number of rotatable bonds is 4. The summed E-state index contributed by atoms with van der Waals surface area (Å²) < 4.78 is 26.0. The molecule has 1 aliphatic rings. The Morgan fingerprint density at radius 2 is 2.14 bits per heavy atom. The van der Waals surface area contributed by atoms with Crippen molar-refractivity contribution >= 4 is 5.91 Å². The van der Waals surface area contributed by atoms with Gasteiger partial charge >= 0.3 is 0 Å². The molecule has 1 fully saturated rings. The quantitative estimate of drug-likeness (QED) is 0.897. The third kappa shape index (κ3) is 3.59. The summed E-state index contributed by atoms with van der Waals surface area (Å²) in [6.07, 6.45) is 4.15. The number of halogens is 2. The molecule has 116 valence electrons. The largest absolute Gasteiger partial charge is 0.349 e. The Balaban J connectivity index is 2.04. The Morgan fingerprint density at radius 1 is 1.38 bits per heavy atom. The average Bonchev–Trinajstić information content (AvgIpc) is 2.45. The minimum Gasteiger partial charge on any atom is -0.349 e. The van der Waals surface area contributed by atoms with E-state index in [1.807, 2.05) is 0 Å². The molecule has 2 rings (SSSR count). The van der Waals surface area contributed by atoms with Gasteiger partial charge in [-0.2, -0.15) is 0 Å². The van der Waals surface area contributed by atoms with Crippen molar-refractivity contribution in [1.29, 1.82) is 0 Å². The summed E-state index contributed by atoms with van der Waals surface area (Å²) in [5.41, 5.74) is 5.98. The van der Waals surface area contributed by atoms with Crippen LogP contribution in [0.25, 0.3) is 0 Å². The summed E-state index contributed by atoms with van der Waals surface area (Å²) in [5, 5.41) is 3.03. The molecule has 0 saturated heterocycles. The smallest absolute Gasteiger partial charge is 0.224 e. The number of nitrogens with one attached hydrogen (secondary N) is 1. The summed E-state index contributed by atoms with van der Waals surface area (Å²) in [7, 11) is 0. The standard InChI is InChI=1S/C16H22F2N2O/c1-11-4-2-3-7-16(11,10-19)20-15(21)9-12-5-6-13(17)14(18)8-12/h5-6,8,11H,2-4,7,9-10,19H2,1H3,(H,20,21). The lowest BCUT2D eigenvalue weighted by Crippen LogP contribution is -2.59. The highest BCUT2D eigenvalue weighted by molar-refractivity contribution is 5.79. The van der Waals surface area contributed by atoms with Gasteiger partial charge in [-0.3, -0.25) is 4.79 Å². The van der Waals surface area contributed by atoms with Crippen LogP contribution in [-0.4, -0.2) is 18.0 Å². The topological polar surface area (TPSA) is 55.1 Å². The van der Waals surface area contributed by atoms with E-state index in [9.17, 15) is 13.6 Å². The molecule has 5 heteroatoms. The molecule has 0 radical (unpaired) electrons. The van der Waals surface area contributed by atoms with Crippen LogP contribution in [0.15, 0.2) is 18.2 Å². The second-order valence-corrected chi connectivity index (χ2v) is 5.98. The van der Waals surface area contributed by atoms with Gasteiger partial charge in [0, 0.05) is 6.54 Å². The summed E-state index contributed by atoms with van der Waals surface area (Å²) in [5.74, 6) is -1.70. The molecule has 3 N–H and O–H groups in total. The molecule has 0 bridgehead atoms. The van der Waals surface area contributed by atoms with Gasteiger partial charge in [0.1, 0.15) is 0 Å². The van der Waals surface area contributed by atoms with Gasteiger partial charge in [-0.1, -0.05) is 25.8 Å². The predicted molar refractivity (Wildman–Crippen MR) is 77.6 cm³/mol. The Bertz CT molecular complexity index is 521. The molecule has 0 heterocycles. The van der Waals surface area contributed by atoms with E-state index >= 15 is 0 Å². The lowest BCUT2D eigenvalue weighted by molar-refractivity contribution is -0.123. The highest BCUT2D eigenvalue weighted by Gasteiger charge is 2.38. The number of carbonyl (C=O) groups is 1. The molecule has 1 amide bonds. The first-order valence-corrected chi connectivity index (χ1v) is 7.42. The normalized spacial score (nSPS) is 25.6. The summed E-state index contributed by atoms with van der Waals surface area (Å²) in [6, 6.07) is 3.53. The number of hydrogen-bond donors (Lipinski definition) is 2. The Kier molecular flexibility index (Phi) is 4.93. The zero-order valence-electron chi connectivity index (χ0n) is 12.3. The maximum absolute atomic E-state index is 13.2.